The van der Waals surface area contributed by atoms with Gasteiger partial charge in [-0.05, 0) is 103 Å². The summed E-state index contributed by atoms with van der Waals surface area (Å²) in [5.41, 5.74) is 0. The predicted octanol–water partition coefficient (Wildman–Crippen LogP) is 13.7. The topological polar surface area (TPSA) is 175 Å². The highest BCUT2D eigenvalue weighted by Gasteiger charge is 2.47. The minimum absolute atomic E-state index is 0.0355. The highest BCUT2D eigenvalue weighted by molar-refractivity contribution is 5.80. The van der Waals surface area contributed by atoms with E-state index in [0.29, 0.717) is 19.3 Å². The molecule has 0 aromatic carbocycles. The van der Waals surface area contributed by atoms with Gasteiger partial charge in [0.15, 0.2) is 12.4 Å². The van der Waals surface area contributed by atoms with Crippen molar-refractivity contribution in [1.29, 1.82) is 0 Å². The number of aliphatic hydroxyl groups excluding tert-OH is 5. The Balaban J connectivity index is 2.81. The summed E-state index contributed by atoms with van der Waals surface area (Å²) in [6.45, 7) is 5.65. The number of rotatable bonds is 48. The Bertz CT molecular complexity index is 1630. The fourth-order valence-corrected chi connectivity index (χ4v) is 8.40. The van der Waals surface area contributed by atoms with E-state index in [1.54, 1.807) is 6.08 Å². The third-order valence-corrected chi connectivity index (χ3v) is 13.2. The zero-order valence-electron chi connectivity index (χ0n) is 47.1. The lowest BCUT2D eigenvalue weighted by atomic mass is 9.99. The number of hydrogen-bond donors (Lipinski definition) is 6. The lowest BCUT2D eigenvalue weighted by Crippen LogP contribution is -2.61. The van der Waals surface area contributed by atoms with E-state index in [2.05, 4.69) is 99.0 Å². The fraction of sp³-hybridized carbons (Fsp3) is 0.688. The smallest absolute Gasteiger partial charge is 0.306 e. The molecule has 428 valence electrons. The van der Waals surface area contributed by atoms with Crippen molar-refractivity contribution in [2.24, 2.45) is 0 Å². The summed E-state index contributed by atoms with van der Waals surface area (Å²) in [5, 5.41) is 56.8. The molecule has 0 aromatic heterocycles. The number of esters is 1. The molecule has 1 rings (SSSR count). The monoisotopic (exact) mass is 1050 g/mol. The summed E-state index contributed by atoms with van der Waals surface area (Å²) in [6.07, 6.45) is 58.5. The minimum atomic E-state index is -1.65. The second kappa shape index (κ2) is 51.1. The van der Waals surface area contributed by atoms with Crippen molar-refractivity contribution in [3.05, 3.63) is 109 Å². The summed E-state index contributed by atoms with van der Waals surface area (Å²) in [6, 6.07) is -1.07. The average molecular weight is 1050 g/mol. The molecule has 0 bridgehead atoms. The lowest BCUT2D eigenvalue weighted by Gasteiger charge is -2.41. The number of carbonyl (C=O) groups excluding carboxylic acids is 2. The number of ether oxygens (including phenoxy) is 3. The third-order valence-electron chi connectivity index (χ3n) is 13.2. The van der Waals surface area contributed by atoms with Gasteiger partial charge in [0.1, 0.15) is 24.4 Å². The second-order valence-corrected chi connectivity index (χ2v) is 20.0. The zero-order chi connectivity index (χ0) is 54.7. The van der Waals surface area contributed by atoms with Crippen LogP contribution in [0.2, 0.25) is 0 Å². The highest BCUT2D eigenvalue weighted by Crippen LogP contribution is 2.26. The molecule has 8 atom stereocenters. The number of unbranched alkanes of at least 4 members (excludes halogenated alkanes) is 18. The second-order valence-electron chi connectivity index (χ2n) is 20.0. The van der Waals surface area contributed by atoms with Crippen LogP contribution in [0.4, 0.5) is 0 Å². The third kappa shape index (κ3) is 39.4. The van der Waals surface area contributed by atoms with Gasteiger partial charge in [0.2, 0.25) is 5.91 Å². The van der Waals surface area contributed by atoms with E-state index >= 15 is 0 Å². The molecule has 11 nitrogen and oxygen atoms in total. The maximum absolute atomic E-state index is 13.4. The van der Waals surface area contributed by atoms with Crippen molar-refractivity contribution in [1.82, 2.24) is 5.32 Å². The summed E-state index contributed by atoms with van der Waals surface area (Å²) in [5.74, 6) is -1.32. The van der Waals surface area contributed by atoms with Crippen molar-refractivity contribution in [3.63, 3.8) is 0 Å². The largest absolute Gasteiger partial charge is 0.454 e. The van der Waals surface area contributed by atoms with Gasteiger partial charge in [-0.1, -0.05) is 220 Å². The van der Waals surface area contributed by atoms with E-state index in [1.807, 2.05) is 30.4 Å². The van der Waals surface area contributed by atoms with Crippen LogP contribution >= 0.6 is 0 Å². The Labute approximate surface area is 456 Å². The molecule has 11 heteroatoms. The minimum Gasteiger partial charge on any atom is -0.454 e. The number of aliphatic hydroxyl groups is 5. The molecule has 1 aliphatic heterocycles. The predicted molar refractivity (Wildman–Crippen MR) is 310 cm³/mol. The molecule has 1 amide bonds. The highest BCUT2D eigenvalue weighted by atomic mass is 16.7. The van der Waals surface area contributed by atoms with E-state index in [9.17, 15) is 35.1 Å². The fourth-order valence-electron chi connectivity index (χ4n) is 8.40. The molecule has 0 aromatic rings. The van der Waals surface area contributed by atoms with Crippen molar-refractivity contribution in [2.75, 3.05) is 13.2 Å². The Kier molecular flexibility index (Phi) is 47.2. The first-order valence-electron chi connectivity index (χ1n) is 29.7. The number of carbonyl (C=O) groups is 2. The van der Waals surface area contributed by atoms with Crippen molar-refractivity contribution >= 4 is 11.9 Å². The summed E-state index contributed by atoms with van der Waals surface area (Å²) >= 11 is 0. The zero-order valence-corrected chi connectivity index (χ0v) is 47.1. The van der Waals surface area contributed by atoms with E-state index in [4.69, 9.17) is 14.2 Å². The first kappa shape index (κ1) is 69.3. The van der Waals surface area contributed by atoms with E-state index < -0.39 is 67.4 Å². The Morgan fingerprint density at radius 3 is 1.40 bits per heavy atom. The van der Waals surface area contributed by atoms with Gasteiger partial charge in [-0.2, -0.15) is 0 Å². The molecule has 1 fully saturated rings. The van der Waals surface area contributed by atoms with Crippen LogP contribution in [0.5, 0.6) is 0 Å². The molecular weight excluding hydrogens is 943 g/mol. The summed E-state index contributed by atoms with van der Waals surface area (Å²) in [4.78, 5) is 26.5. The average Bonchev–Trinajstić information content (AvgIpc) is 3.41. The van der Waals surface area contributed by atoms with Crippen LogP contribution in [-0.2, 0) is 23.8 Å². The van der Waals surface area contributed by atoms with E-state index in [-0.39, 0.29) is 19.4 Å². The van der Waals surface area contributed by atoms with Crippen LogP contribution in [0.25, 0.3) is 0 Å². The van der Waals surface area contributed by atoms with Gasteiger partial charge in [-0.3, -0.25) is 9.59 Å². The van der Waals surface area contributed by atoms with Gasteiger partial charge >= 0.3 is 5.97 Å². The summed E-state index contributed by atoms with van der Waals surface area (Å²) < 4.78 is 17.5. The van der Waals surface area contributed by atoms with Crippen LogP contribution in [0.15, 0.2) is 109 Å². The molecule has 1 saturated heterocycles. The van der Waals surface area contributed by atoms with Gasteiger partial charge in [-0.25, -0.2) is 0 Å². The van der Waals surface area contributed by atoms with Crippen LogP contribution in [0.1, 0.15) is 220 Å². The van der Waals surface area contributed by atoms with Gasteiger partial charge in [-0.15, -0.1) is 0 Å². The standard InChI is InChI=1S/C64H107NO10/c1-4-7-10-13-16-19-22-25-27-29-31-34-37-40-43-46-49-52-59(69)75-62-61(71)60(70)58(53-66)74-64(62)73-54-55(56(67)50-47-44-41-38-35-32-24-21-18-15-12-9-6-3)65-63(72)57(68)51-48-45-42-39-36-33-30-28-26-23-20-17-14-11-8-5-2/h16-17,19-20,25-28,31,33-34,36,40,42-43,45,47,50,55-58,60-62,64,66-68,70-71H,4-15,18,21-24,29-30,32,35,37-39,41,44,46,48-49,51-54H2,1-3H3,(H,65,72)/b19-16-,20-17-,27-25-,28-26-,34-31-,36-33-,43-40-,45-42-,50-47+. The Morgan fingerprint density at radius 2 is 0.920 bits per heavy atom. The SMILES string of the molecule is CCCCC/C=C\C/C=C\C/C=C\C/C=C\CCCC(=O)OC1C(OCC(NC(=O)C(O)CC/C=C\C/C=C\C/C=C\C/C=C\CCCCC)C(O)/C=C/CCCCCCCCCCCCC)OC(CO)C(O)C1O. The van der Waals surface area contributed by atoms with Crippen molar-refractivity contribution in [3.8, 4) is 0 Å². The van der Waals surface area contributed by atoms with Gasteiger partial charge in [0.25, 0.3) is 0 Å². The molecule has 1 aliphatic rings. The Hall–Kier alpha value is -3.68. The number of allylic oxidation sites excluding steroid dienone is 17. The molecule has 0 spiro atoms. The number of nitrogens with one attached hydrogen (secondary N) is 1. The van der Waals surface area contributed by atoms with E-state index in [0.717, 1.165) is 77.0 Å². The molecule has 75 heavy (non-hydrogen) atoms. The first-order chi connectivity index (χ1) is 36.7. The summed E-state index contributed by atoms with van der Waals surface area (Å²) in [7, 11) is 0. The van der Waals surface area contributed by atoms with Crippen LogP contribution in [0, 0.1) is 0 Å². The molecule has 6 N–H and O–H groups in total. The van der Waals surface area contributed by atoms with Crippen molar-refractivity contribution in [2.45, 2.75) is 269 Å². The van der Waals surface area contributed by atoms with Crippen LogP contribution < -0.4 is 5.32 Å². The number of amides is 1. The molecule has 0 radical (unpaired) electrons. The van der Waals surface area contributed by atoms with Gasteiger partial charge < -0.3 is 45.1 Å². The van der Waals surface area contributed by atoms with Gasteiger partial charge in [0.05, 0.1) is 25.4 Å². The normalized spacial score (nSPS) is 20.0. The molecule has 1 heterocycles. The van der Waals surface area contributed by atoms with E-state index in [1.165, 1.54) is 89.9 Å². The maximum Gasteiger partial charge on any atom is 0.306 e. The van der Waals surface area contributed by atoms with Crippen LogP contribution in [0.3, 0.4) is 0 Å². The first-order valence-corrected chi connectivity index (χ1v) is 29.7. The molecule has 0 saturated carbocycles. The number of hydrogen-bond acceptors (Lipinski definition) is 10. The molecule has 8 unspecified atom stereocenters. The van der Waals surface area contributed by atoms with Gasteiger partial charge in [0, 0.05) is 6.42 Å². The maximum atomic E-state index is 13.4. The Morgan fingerprint density at radius 1 is 0.520 bits per heavy atom. The quantitative estimate of drug-likeness (QED) is 0.0195. The lowest BCUT2D eigenvalue weighted by molar-refractivity contribution is -0.305. The van der Waals surface area contributed by atoms with Crippen molar-refractivity contribution < 1.29 is 49.3 Å². The van der Waals surface area contributed by atoms with Crippen LogP contribution in [-0.4, -0.2) is 99.6 Å². The molecular formula is C64H107NO10. The molecule has 0 aliphatic carbocycles.